The summed E-state index contributed by atoms with van der Waals surface area (Å²) < 4.78 is 10.6. The molecule has 0 aromatic heterocycles. The van der Waals surface area contributed by atoms with Gasteiger partial charge in [-0.1, -0.05) is 0 Å². The molecule has 0 radical (unpaired) electrons. The second-order valence-electron chi connectivity index (χ2n) is 3.64. The maximum absolute atomic E-state index is 5.69. The number of rotatable bonds is 3. The Morgan fingerprint density at radius 3 is 2.67 bits per heavy atom. The van der Waals surface area contributed by atoms with E-state index >= 15 is 0 Å². The summed E-state index contributed by atoms with van der Waals surface area (Å²) in [5.74, 6) is 1.63. The van der Waals surface area contributed by atoms with Crippen molar-refractivity contribution in [2.75, 3.05) is 20.4 Å². The number of nitrogens with one attached hydrogen (secondary N) is 1. The van der Waals surface area contributed by atoms with Gasteiger partial charge in [-0.3, -0.25) is 0 Å². The van der Waals surface area contributed by atoms with Crippen molar-refractivity contribution >= 4 is 0 Å². The predicted octanol–water partition coefficient (Wildman–Crippen LogP) is 0.943. The summed E-state index contributed by atoms with van der Waals surface area (Å²) in [6, 6.07) is 4.17. The Morgan fingerprint density at radius 1 is 1.40 bits per heavy atom. The molecule has 15 heavy (non-hydrogen) atoms. The Morgan fingerprint density at radius 2 is 2.07 bits per heavy atom. The Balaban J connectivity index is 2.39. The van der Waals surface area contributed by atoms with Crippen molar-refractivity contribution in [1.82, 2.24) is 5.32 Å². The van der Waals surface area contributed by atoms with E-state index in [0.717, 1.165) is 11.5 Å². The van der Waals surface area contributed by atoms with Crippen molar-refractivity contribution in [1.29, 1.82) is 0 Å². The van der Waals surface area contributed by atoms with E-state index in [-0.39, 0.29) is 6.04 Å². The minimum absolute atomic E-state index is 0.166. The summed E-state index contributed by atoms with van der Waals surface area (Å²) in [5.41, 5.74) is 8.04. The van der Waals surface area contributed by atoms with Crippen molar-refractivity contribution in [2.45, 2.75) is 13.0 Å². The summed E-state index contributed by atoms with van der Waals surface area (Å²) in [6.45, 7) is 2.93. The van der Waals surface area contributed by atoms with Crippen LogP contribution >= 0.6 is 0 Å². The van der Waals surface area contributed by atoms with Crippen LogP contribution in [0.1, 0.15) is 17.2 Å². The van der Waals surface area contributed by atoms with Gasteiger partial charge in [0.05, 0.1) is 0 Å². The monoisotopic (exact) mass is 208 g/mol. The van der Waals surface area contributed by atoms with Gasteiger partial charge in [-0.25, -0.2) is 0 Å². The van der Waals surface area contributed by atoms with Crippen molar-refractivity contribution < 1.29 is 9.47 Å². The Hall–Kier alpha value is -1.26. The van der Waals surface area contributed by atoms with Crippen LogP contribution in [-0.2, 0) is 0 Å². The molecule has 1 aromatic rings. The van der Waals surface area contributed by atoms with Gasteiger partial charge in [0.2, 0.25) is 6.79 Å². The standard InChI is InChI=1S/C11H16N2O2/c1-7-3-10-11(15-6-14-10)4-8(7)9(5-12)13-2/h3-4,9,13H,5-6,12H2,1-2H3. The number of nitrogens with two attached hydrogens (primary N) is 1. The van der Waals surface area contributed by atoms with Crippen LogP contribution in [0.3, 0.4) is 0 Å². The third-order valence-corrected chi connectivity index (χ3v) is 2.72. The molecule has 1 heterocycles. The predicted molar refractivity (Wildman–Crippen MR) is 58.2 cm³/mol. The zero-order valence-electron chi connectivity index (χ0n) is 9.04. The van der Waals surface area contributed by atoms with E-state index in [1.54, 1.807) is 0 Å². The molecule has 1 aliphatic heterocycles. The molecule has 2 rings (SSSR count). The lowest BCUT2D eigenvalue weighted by Crippen LogP contribution is -2.25. The summed E-state index contributed by atoms with van der Waals surface area (Å²) in [4.78, 5) is 0. The van der Waals surface area contributed by atoms with E-state index < -0.39 is 0 Å². The van der Waals surface area contributed by atoms with Gasteiger partial charge in [0.15, 0.2) is 11.5 Å². The highest BCUT2D eigenvalue weighted by Gasteiger charge is 2.18. The van der Waals surface area contributed by atoms with Crippen LogP contribution in [0.4, 0.5) is 0 Å². The van der Waals surface area contributed by atoms with Gasteiger partial charge in [-0.05, 0) is 37.2 Å². The molecule has 0 saturated heterocycles. The fourth-order valence-corrected chi connectivity index (χ4v) is 1.84. The normalized spacial score (nSPS) is 15.4. The average Bonchev–Trinajstić information content (AvgIpc) is 2.67. The summed E-state index contributed by atoms with van der Waals surface area (Å²) in [5, 5.41) is 3.18. The van der Waals surface area contributed by atoms with Gasteiger partial charge in [0.25, 0.3) is 0 Å². The number of hydrogen-bond donors (Lipinski definition) is 2. The molecule has 0 amide bonds. The highest BCUT2D eigenvalue weighted by Crippen LogP contribution is 2.36. The fourth-order valence-electron chi connectivity index (χ4n) is 1.84. The first-order chi connectivity index (χ1) is 7.26. The van der Waals surface area contributed by atoms with Gasteiger partial charge in [-0.2, -0.15) is 0 Å². The average molecular weight is 208 g/mol. The number of aryl methyl sites for hydroxylation is 1. The van der Waals surface area contributed by atoms with Crippen LogP contribution in [0.5, 0.6) is 11.5 Å². The summed E-state index contributed by atoms with van der Waals surface area (Å²) in [7, 11) is 1.90. The van der Waals surface area contributed by atoms with E-state index in [2.05, 4.69) is 12.2 Å². The van der Waals surface area contributed by atoms with Crippen LogP contribution in [0.25, 0.3) is 0 Å². The summed E-state index contributed by atoms with van der Waals surface area (Å²) in [6.07, 6.45) is 0. The largest absolute Gasteiger partial charge is 0.454 e. The Bertz CT molecular complexity index is 362. The fraction of sp³-hybridized carbons (Fsp3) is 0.455. The van der Waals surface area contributed by atoms with E-state index in [9.17, 15) is 0 Å². The SMILES string of the molecule is CNC(CN)c1cc2c(cc1C)OCO2. The maximum atomic E-state index is 5.69. The molecule has 82 valence electrons. The molecule has 1 atom stereocenters. The maximum Gasteiger partial charge on any atom is 0.231 e. The Labute approximate surface area is 89.4 Å². The number of benzene rings is 1. The van der Waals surface area contributed by atoms with Crippen LogP contribution in [0.15, 0.2) is 12.1 Å². The topological polar surface area (TPSA) is 56.5 Å². The highest BCUT2D eigenvalue weighted by molar-refractivity contribution is 5.49. The third kappa shape index (κ3) is 1.78. The smallest absolute Gasteiger partial charge is 0.231 e. The van der Waals surface area contributed by atoms with E-state index in [1.807, 2.05) is 19.2 Å². The van der Waals surface area contributed by atoms with Gasteiger partial charge in [0, 0.05) is 12.6 Å². The molecule has 4 nitrogen and oxygen atoms in total. The lowest BCUT2D eigenvalue weighted by molar-refractivity contribution is 0.174. The molecule has 0 bridgehead atoms. The minimum Gasteiger partial charge on any atom is -0.454 e. The zero-order chi connectivity index (χ0) is 10.8. The molecule has 0 spiro atoms. The Kier molecular flexibility index (Phi) is 2.79. The highest BCUT2D eigenvalue weighted by atomic mass is 16.7. The molecule has 1 aromatic carbocycles. The van der Waals surface area contributed by atoms with Crippen LogP contribution in [0.2, 0.25) is 0 Å². The molecule has 4 heteroatoms. The number of fused-ring (bicyclic) bond motifs is 1. The lowest BCUT2D eigenvalue weighted by Gasteiger charge is -2.17. The van der Waals surface area contributed by atoms with Crippen LogP contribution in [-0.4, -0.2) is 20.4 Å². The van der Waals surface area contributed by atoms with Crippen LogP contribution < -0.4 is 20.5 Å². The first kappa shape index (κ1) is 10.3. The first-order valence-electron chi connectivity index (χ1n) is 5.03. The van der Waals surface area contributed by atoms with Gasteiger partial charge in [-0.15, -0.1) is 0 Å². The first-order valence-corrected chi connectivity index (χ1v) is 5.03. The number of likely N-dealkylation sites (N-methyl/N-ethyl adjacent to an activating group) is 1. The molecule has 1 unspecified atom stereocenters. The van der Waals surface area contributed by atoms with E-state index in [4.69, 9.17) is 15.2 Å². The van der Waals surface area contributed by atoms with Gasteiger partial charge >= 0.3 is 0 Å². The number of hydrogen-bond acceptors (Lipinski definition) is 4. The second-order valence-corrected chi connectivity index (χ2v) is 3.64. The van der Waals surface area contributed by atoms with Crippen molar-refractivity contribution in [3.05, 3.63) is 23.3 Å². The molecular weight excluding hydrogens is 192 g/mol. The molecule has 1 aliphatic rings. The van der Waals surface area contributed by atoms with Gasteiger partial charge in [0.1, 0.15) is 0 Å². The van der Waals surface area contributed by atoms with E-state index in [1.165, 1.54) is 11.1 Å². The van der Waals surface area contributed by atoms with Crippen molar-refractivity contribution in [2.24, 2.45) is 5.73 Å². The number of ether oxygens (including phenoxy) is 2. The molecule has 3 N–H and O–H groups in total. The quantitative estimate of drug-likeness (QED) is 0.776. The van der Waals surface area contributed by atoms with Crippen molar-refractivity contribution in [3.8, 4) is 11.5 Å². The molecule has 0 aliphatic carbocycles. The minimum atomic E-state index is 0.166. The molecule has 0 fully saturated rings. The molecule has 0 saturated carbocycles. The van der Waals surface area contributed by atoms with E-state index in [0.29, 0.717) is 13.3 Å². The zero-order valence-corrected chi connectivity index (χ0v) is 9.04. The lowest BCUT2D eigenvalue weighted by atomic mass is 10.0. The second kappa shape index (κ2) is 4.08. The molecular formula is C11H16N2O2. The third-order valence-electron chi connectivity index (χ3n) is 2.72. The van der Waals surface area contributed by atoms with Crippen molar-refractivity contribution in [3.63, 3.8) is 0 Å². The van der Waals surface area contributed by atoms with Crippen LogP contribution in [0, 0.1) is 6.92 Å². The summed E-state index contributed by atoms with van der Waals surface area (Å²) >= 11 is 0. The van der Waals surface area contributed by atoms with Gasteiger partial charge < -0.3 is 20.5 Å².